The van der Waals surface area contributed by atoms with Gasteiger partial charge >= 0.3 is 10.3 Å². The van der Waals surface area contributed by atoms with E-state index in [2.05, 4.69) is 9.97 Å². The Labute approximate surface area is 130 Å². The molecule has 0 amide bonds. The molecule has 1 saturated heterocycles. The molecule has 1 aliphatic heterocycles. The van der Waals surface area contributed by atoms with E-state index in [4.69, 9.17) is 9.39 Å². The molecule has 0 aromatic carbocycles. The van der Waals surface area contributed by atoms with Gasteiger partial charge in [-0.25, -0.2) is 9.97 Å². The number of rotatable bonds is 6. The molecule has 2 heterocycles. The summed E-state index contributed by atoms with van der Waals surface area (Å²) in [5, 5.41) is 10.1. The molecule has 0 aliphatic carbocycles. The fourth-order valence-corrected chi connectivity index (χ4v) is 3.24. The third-order valence-corrected chi connectivity index (χ3v) is 4.63. The van der Waals surface area contributed by atoms with Crippen molar-refractivity contribution in [1.29, 1.82) is 0 Å². The van der Waals surface area contributed by atoms with Crippen LogP contribution in [0.15, 0.2) is 12.3 Å². The Bertz CT molecular complexity index is 587. The maximum Gasteiger partial charge on any atom is 0.354 e. The van der Waals surface area contributed by atoms with E-state index in [0.717, 1.165) is 10.9 Å². The second kappa shape index (κ2) is 7.29. The lowest BCUT2D eigenvalue weighted by Gasteiger charge is -2.34. The van der Waals surface area contributed by atoms with Crippen molar-refractivity contribution in [3.8, 4) is 0 Å². The zero-order valence-corrected chi connectivity index (χ0v) is 13.5. The summed E-state index contributed by atoms with van der Waals surface area (Å²) in [5.74, 6) is 1.31. The fourth-order valence-electron chi connectivity index (χ4n) is 2.16. The van der Waals surface area contributed by atoms with Gasteiger partial charge in [0, 0.05) is 52.9 Å². The van der Waals surface area contributed by atoms with Crippen LogP contribution in [0.5, 0.6) is 0 Å². The lowest BCUT2D eigenvalue weighted by Crippen LogP contribution is -2.50. The molecule has 1 aliphatic rings. The molecule has 22 heavy (non-hydrogen) atoms. The number of aromatic nitrogens is 2. The number of hydrogen-bond acceptors (Lipinski definition) is 8. The molecule has 0 unspecified atom stereocenters. The van der Waals surface area contributed by atoms with Crippen molar-refractivity contribution in [2.75, 3.05) is 51.8 Å². The van der Waals surface area contributed by atoms with E-state index in [1.54, 1.807) is 12.3 Å². The Morgan fingerprint density at radius 3 is 2.59 bits per heavy atom. The Balaban J connectivity index is 1.99. The van der Waals surface area contributed by atoms with E-state index >= 15 is 0 Å². The first-order valence-electron chi connectivity index (χ1n) is 6.97. The highest BCUT2D eigenvalue weighted by Crippen LogP contribution is 2.16. The maximum atomic E-state index is 12.0. The quantitative estimate of drug-likeness (QED) is 0.654. The maximum absolute atomic E-state index is 12.0. The summed E-state index contributed by atoms with van der Waals surface area (Å²) in [6.45, 7) is 1.69. The fraction of sp³-hybridized carbons (Fsp3) is 0.667. The van der Waals surface area contributed by atoms with E-state index < -0.39 is 10.3 Å². The smallest absolute Gasteiger partial charge is 0.354 e. The van der Waals surface area contributed by atoms with Crippen molar-refractivity contribution >= 4 is 16.1 Å². The van der Waals surface area contributed by atoms with Crippen LogP contribution in [0.2, 0.25) is 0 Å². The average Bonchev–Trinajstić information content (AvgIpc) is 2.47. The van der Waals surface area contributed by atoms with Gasteiger partial charge in [0.25, 0.3) is 0 Å². The van der Waals surface area contributed by atoms with Gasteiger partial charge in [-0.05, 0) is 6.07 Å². The van der Waals surface area contributed by atoms with Crippen molar-refractivity contribution in [3.63, 3.8) is 0 Å². The second-order valence-electron chi connectivity index (χ2n) is 5.04. The Morgan fingerprint density at radius 1 is 1.32 bits per heavy atom. The number of hydrogen-bond donors (Lipinski definition) is 1. The summed E-state index contributed by atoms with van der Waals surface area (Å²) in [5.41, 5.74) is 0. The van der Waals surface area contributed by atoms with Gasteiger partial charge < -0.3 is 10.0 Å². The first-order valence-corrected chi connectivity index (χ1v) is 8.33. The van der Waals surface area contributed by atoms with E-state index in [1.807, 2.05) is 4.90 Å². The molecule has 0 saturated carbocycles. The first kappa shape index (κ1) is 17.0. The summed E-state index contributed by atoms with van der Waals surface area (Å²) in [4.78, 5) is 10.4. The van der Waals surface area contributed by atoms with Crippen molar-refractivity contribution in [2.24, 2.45) is 0 Å². The zero-order chi connectivity index (χ0) is 16.2. The van der Waals surface area contributed by atoms with Gasteiger partial charge in [-0.3, -0.25) is 0 Å². The minimum absolute atomic E-state index is 0.00263. The number of piperazine rings is 1. The third-order valence-electron chi connectivity index (χ3n) is 3.15. The summed E-state index contributed by atoms with van der Waals surface area (Å²) >= 11 is 0. The third kappa shape index (κ3) is 4.34. The average molecular weight is 331 g/mol. The summed E-state index contributed by atoms with van der Waals surface area (Å²) in [6, 6.07) is 1.78. The van der Waals surface area contributed by atoms with Gasteiger partial charge in [-0.15, -0.1) is 0 Å². The predicted octanol–water partition coefficient (Wildman–Crippen LogP) is -1.13. The molecule has 0 atom stereocenters. The standard InChI is InChI=1S/C12H21N5O4S/c1-15(2)21-22(19,20)17-8-6-16(7-9-17)12-3-5-13-11(14-12)4-10-18/h3,5,18H,4,6-10H2,1-2H3. The Morgan fingerprint density at radius 2 is 2.00 bits per heavy atom. The number of anilines is 1. The van der Waals surface area contributed by atoms with E-state index in [0.29, 0.717) is 38.4 Å². The molecule has 0 radical (unpaired) electrons. The molecule has 1 aromatic heterocycles. The van der Waals surface area contributed by atoms with Gasteiger partial charge in [0.05, 0.1) is 6.61 Å². The van der Waals surface area contributed by atoms with Crippen LogP contribution in [0, 0.1) is 0 Å². The van der Waals surface area contributed by atoms with Gasteiger partial charge in [-0.1, -0.05) is 0 Å². The molecular formula is C12H21N5O4S. The minimum Gasteiger partial charge on any atom is -0.396 e. The van der Waals surface area contributed by atoms with Gasteiger partial charge in [-0.2, -0.15) is 22.1 Å². The molecule has 10 heteroatoms. The minimum atomic E-state index is -3.74. The molecule has 1 fully saturated rings. The zero-order valence-electron chi connectivity index (χ0n) is 12.7. The monoisotopic (exact) mass is 331 g/mol. The summed E-state index contributed by atoms with van der Waals surface area (Å²) in [7, 11) is -0.688. The molecule has 1 aromatic rings. The largest absolute Gasteiger partial charge is 0.396 e. The number of nitrogens with zero attached hydrogens (tertiary/aromatic N) is 5. The van der Waals surface area contributed by atoms with Gasteiger partial charge in [0.2, 0.25) is 0 Å². The van der Waals surface area contributed by atoms with E-state index in [1.165, 1.54) is 18.4 Å². The van der Waals surface area contributed by atoms with Crippen molar-refractivity contribution in [2.45, 2.75) is 6.42 Å². The first-order chi connectivity index (χ1) is 10.4. The van der Waals surface area contributed by atoms with Crippen LogP contribution in [0.3, 0.4) is 0 Å². The lowest BCUT2D eigenvalue weighted by molar-refractivity contribution is -0.00478. The van der Waals surface area contributed by atoms with Crippen LogP contribution >= 0.6 is 0 Å². The molecule has 2 rings (SSSR count). The van der Waals surface area contributed by atoms with Crippen LogP contribution in [0.1, 0.15) is 5.82 Å². The van der Waals surface area contributed by atoms with Crippen LogP contribution in [0.4, 0.5) is 5.82 Å². The number of aliphatic hydroxyl groups is 1. The van der Waals surface area contributed by atoms with Crippen LogP contribution in [-0.2, 0) is 21.0 Å². The highest BCUT2D eigenvalue weighted by atomic mass is 32.2. The Hall–Kier alpha value is -1.33. The van der Waals surface area contributed by atoms with Crippen LogP contribution < -0.4 is 4.90 Å². The van der Waals surface area contributed by atoms with Crippen LogP contribution in [0.25, 0.3) is 0 Å². The van der Waals surface area contributed by atoms with Gasteiger partial charge in [0.15, 0.2) is 0 Å². The molecule has 9 nitrogen and oxygen atoms in total. The summed E-state index contributed by atoms with van der Waals surface area (Å²) < 4.78 is 30.1. The van der Waals surface area contributed by atoms with Gasteiger partial charge in [0.1, 0.15) is 11.6 Å². The highest BCUT2D eigenvalue weighted by Gasteiger charge is 2.29. The van der Waals surface area contributed by atoms with Crippen molar-refractivity contribution in [3.05, 3.63) is 18.1 Å². The molecule has 1 N–H and O–H groups in total. The molecule has 0 bridgehead atoms. The number of aliphatic hydroxyl groups excluding tert-OH is 1. The summed E-state index contributed by atoms with van der Waals surface area (Å²) in [6.07, 6.45) is 2.05. The van der Waals surface area contributed by atoms with Crippen molar-refractivity contribution in [1.82, 2.24) is 19.3 Å². The molecular weight excluding hydrogens is 310 g/mol. The highest BCUT2D eigenvalue weighted by molar-refractivity contribution is 7.84. The second-order valence-corrected chi connectivity index (χ2v) is 6.56. The Kier molecular flexibility index (Phi) is 5.64. The molecule has 124 valence electrons. The number of hydroxylamine groups is 2. The topological polar surface area (TPSA) is 99.1 Å². The van der Waals surface area contributed by atoms with Crippen LogP contribution in [-0.4, -0.2) is 79.7 Å². The lowest BCUT2D eigenvalue weighted by atomic mass is 10.3. The predicted molar refractivity (Wildman–Crippen MR) is 80.3 cm³/mol. The van der Waals surface area contributed by atoms with E-state index in [9.17, 15) is 8.42 Å². The normalized spacial score (nSPS) is 17.2. The van der Waals surface area contributed by atoms with Crippen molar-refractivity contribution < 1.29 is 17.8 Å². The SMILES string of the molecule is CN(C)OS(=O)(=O)N1CCN(c2ccnc(CCO)n2)CC1. The molecule has 0 spiro atoms. The van der Waals surface area contributed by atoms with E-state index in [-0.39, 0.29) is 6.61 Å².